The molecule has 1 aromatic rings. The average molecular weight is 226 g/mol. The molecule has 1 fully saturated rings. The maximum absolute atomic E-state index is 13.4. The Hall–Kier alpha value is -1.16. The lowest BCUT2D eigenvalue weighted by Crippen LogP contribution is -2.56. The quantitative estimate of drug-likeness (QED) is 0.851. The first kappa shape index (κ1) is 11.3. The summed E-state index contributed by atoms with van der Waals surface area (Å²) in [6, 6.07) is 4.97. The van der Waals surface area contributed by atoms with Gasteiger partial charge in [-0.15, -0.1) is 0 Å². The van der Waals surface area contributed by atoms with Crippen LogP contribution in [0.4, 0.5) is 14.5 Å². The predicted molar refractivity (Wildman–Crippen MR) is 60.7 cm³/mol. The van der Waals surface area contributed by atoms with Crippen molar-refractivity contribution in [3.63, 3.8) is 0 Å². The van der Waals surface area contributed by atoms with Crippen LogP contribution >= 0.6 is 0 Å². The summed E-state index contributed by atoms with van der Waals surface area (Å²) in [5, 5.41) is 2.84. The highest BCUT2D eigenvalue weighted by Crippen LogP contribution is 2.28. The summed E-state index contributed by atoms with van der Waals surface area (Å²) in [6.07, 6.45) is 0. The molecule has 1 aliphatic rings. The van der Waals surface area contributed by atoms with E-state index < -0.39 is 5.67 Å². The van der Waals surface area contributed by atoms with Gasteiger partial charge >= 0.3 is 0 Å². The lowest BCUT2D eigenvalue weighted by Gasteiger charge is -2.42. The molecule has 16 heavy (non-hydrogen) atoms. The molecule has 1 heterocycles. The van der Waals surface area contributed by atoms with Gasteiger partial charge in [-0.1, -0.05) is 12.1 Å². The number of para-hydroxylation sites is 1. The molecule has 0 atom stereocenters. The molecule has 0 saturated carbocycles. The van der Waals surface area contributed by atoms with Crippen LogP contribution in [-0.4, -0.2) is 30.7 Å². The van der Waals surface area contributed by atoms with Crippen molar-refractivity contribution < 1.29 is 8.78 Å². The first-order valence-electron chi connectivity index (χ1n) is 5.38. The van der Waals surface area contributed by atoms with E-state index in [0.717, 1.165) is 5.56 Å². The number of anilines is 1. The number of hydrogen-bond acceptors (Lipinski definition) is 2. The van der Waals surface area contributed by atoms with Crippen LogP contribution in [-0.2, 0) is 6.54 Å². The molecule has 4 heteroatoms. The monoisotopic (exact) mass is 226 g/mol. The molecule has 0 radical (unpaired) electrons. The highest BCUT2D eigenvalue weighted by molar-refractivity contribution is 5.51. The van der Waals surface area contributed by atoms with Gasteiger partial charge in [-0.25, -0.2) is 8.78 Å². The zero-order chi connectivity index (χ0) is 11.8. The predicted octanol–water partition coefficient (Wildman–Crippen LogP) is 2.41. The topological polar surface area (TPSA) is 15.3 Å². The fourth-order valence-corrected chi connectivity index (χ4v) is 2.22. The van der Waals surface area contributed by atoms with Gasteiger partial charge in [-0.2, -0.15) is 0 Å². The summed E-state index contributed by atoms with van der Waals surface area (Å²) >= 11 is 0. The Morgan fingerprint density at radius 2 is 2.12 bits per heavy atom. The maximum Gasteiger partial charge on any atom is 0.146 e. The highest BCUT2D eigenvalue weighted by Gasteiger charge is 2.38. The SMILES string of the molecule is CNc1c(F)cccc1CN1CC(C)(F)C1. The summed E-state index contributed by atoms with van der Waals surface area (Å²) in [7, 11) is 1.69. The summed E-state index contributed by atoms with van der Waals surface area (Å²) < 4.78 is 26.7. The van der Waals surface area contributed by atoms with Crippen molar-refractivity contribution in [3.8, 4) is 0 Å². The maximum atomic E-state index is 13.4. The van der Waals surface area contributed by atoms with Crippen LogP contribution in [0.25, 0.3) is 0 Å². The van der Waals surface area contributed by atoms with Gasteiger partial charge in [0.25, 0.3) is 0 Å². The van der Waals surface area contributed by atoms with Crippen molar-refractivity contribution in [2.75, 3.05) is 25.5 Å². The molecule has 1 aliphatic heterocycles. The third-order valence-corrected chi connectivity index (χ3v) is 2.85. The fourth-order valence-electron chi connectivity index (χ4n) is 2.22. The molecule has 0 amide bonds. The van der Waals surface area contributed by atoms with Crippen molar-refractivity contribution >= 4 is 5.69 Å². The Morgan fingerprint density at radius 3 is 2.69 bits per heavy atom. The molecule has 1 saturated heterocycles. The zero-order valence-electron chi connectivity index (χ0n) is 9.56. The van der Waals surface area contributed by atoms with Crippen LogP contribution < -0.4 is 5.32 Å². The minimum absolute atomic E-state index is 0.261. The second kappa shape index (κ2) is 4.01. The van der Waals surface area contributed by atoms with Crippen LogP contribution in [0, 0.1) is 5.82 Å². The minimum atomic E-state index is -1.08. The van der Waals surface area contributed by atoms with E-state index in [1.807, 2.05) is 11.0 Å². The van der Waals surface area contributed by atoms with Crippen molar-refractivity contribution in [2.24, 2.45) is 0 Å². The molecule has 0 bridgehead atoms. The Kier molecular flexibility index (Phi) is 2.84. The molecule has 2 nitrogen and oxygen atoms in total. The number of alkyl halides is 1. The van der Waals surface area contributed by atoms with Crippen LogP contribution in [0.1, 0.15) is 12.5 Å². The summed E-state index contributed by atoms with van der Waals surface area (Å²) in [4.78, 5) is 1.97. The number of benzene rings is 1. The van der Waals surface area contributed by atoms with E-state index in [0.29, 0.717) is 25.3 Å². The van der Waals surface area contributed by atoms with E-state index in [9.17, 15) is 8.78 Å². The summed E-state index contributed by atoms with van der Waals surface area (Å²) in [6.45, 7) is 3.03. The second-order valence-electron chi connectivity index (χ2n) is 4.58. The highest BCUT2D eigenvalue weighted by atomic mass is 19.1. The zero-order valence-corrected chi connectivity index (χ0v) is 9.56. The van der Waals surface area contributed by atoms with Gasteiger partial charge in [0.2, 0.25) is 0 Å². The molecule has 0 aromatic heterocycles. The van der Waals surface area contributed by atoms with E-state index >= 15 is 0 Å². The smallest absolute Gasteiger partial charge is 0.146 e. The van der Waals surface area contributed by atoms with Gasteiger partial charge in [-0.3, -0.25) is 4.90 Å². The third kappa shape index (κ3) is 2.16. The van der Waals surface area contributed by atoms with E-state index in [-0.39, 0.29) is 5.82 Å². The van der Waals surface area contributed by atoms with Crippen LogP contribution in [0.2, 0.25) is 0 Å². The number of rotatable bonds is 3. The Morgan fingerprint density at radius 1 is 1.44 bits per heavy atom. The molecular formula is C12H16F2N2. The Bertz CT molecular complexity index is 383. The molecule has 1 N–H and O–H groups in total. The van der Waals surface area contributed by atoms with Crippen molar-refractivity contribution in [3.05, 3.63) is 29.6 Å². The normalized spacial score (nSPS) is 19.2. The van der Waals surface area contributed by atoms with Crippen molar-refractivity contribution in [1.29, 1.82) is 0 Å². The minimum Gasteiger partial charge on any atom is -0.385 e. The van der Waals surface area contributed by atoms with E-state index in [1.165, 1.54) is 6.07 Å². The molecule has 1 aromatic carbocycles. The standard InChI is InChI=1S/C12H16F2N2/c1-12(14)7-16(8-12)6-9-4-3-5-10(13)11(9)15-2/h3-5,15H,6-8H2,1-2H3. The lowest BCUT2D eigenvalue weighted by atomic mass is 9.98. The second-order valence-corrected chi connectivity index (χ2v) is 4.58. The van der Waals surface area contributed by atoms with Gasteiger partial charge in [0.05, 0.1) is 5.69 Å². The Balaban J connectivity index is 2.08. The summed E-state index contributed by atoms with van der Waals surface area (Å²) in [5.74, 6) is -0.261. The van der Waals surface area contributed by atoms with Gasteiger partial charge < -0.3 is 5.32 Å². The van der Waals surface area contributed by atoms with Crippen LogP contribution in [0.5, 0.6) is 0 Å². The first-order chi connectivity index (χ1) is 7.52. The van der Waals surface area contributed by atoms with E-state index in [1.54, 1.807) is 20.0 Å². The van der Waals surface area contributed by atoms with Gasteiger partial charge in [0.15, 0.2) is 0 Å². The summed E-state index contributed by atoms with van der Waals surface area (Å²) in [5.41, 5.74) is 0.306. The molecular weight excluding hydrogens is 210 g/mol. The average Bonchev–Trinajstić information content (AvgIpc) is 2.15. The number of nitrogens with one attached hydrogen (secondary N) is 1. The van der Waals surface area contributed by atoms with Crippen LogP contribution in [0.15, 0.2) is 18.2 Å². The molecule has 88 valence electrons. The lowest BCUT2D eigenvalue weighted by molar-refractivity contribution is -0.0224. The van der Waals surface area contributed by atoms with Gasteiger partial charge in [-0.05, 0) is 18.6 Å². The number of nitrogens with zero attached hydrogens (tertiary/aromatic N) is 1. The Labute approximate surface area is 94.3 Å². The molecule has 0 spiro atoms. The fraction of sp³-hybridized carbons (Fsp3) is 0.500. The van der Waals surface area contributed by atoms with Crippen LogP contribution in [0.3, 0.4) is 0 Å². The number of likely N-dealkylation sites (tertiary alicyclic amines) is 1. The number of halogens is 2. The van der Waals surface area contributed by atoms with Gasteiger partial charge in [0, 0.05) is 26.7 Å². The van der Waals surface area contributed by atoms with E-state index in [4.69, 9.17) is 0 Å². The number of hydrogen-bond donors (Lipinski definition) is 1. The first-order valence-corrected chi connectivity index (χ1v) is 5.38. The van der Waals surface area contributed by atoms with Crippen molar-refractivity contribution in [2.45, 2.75) is 19.1 Å². The molecule has 0 aliphatic carbocycles. The van der Waals surface area contributed by atoms with Crippen molar-refractivity contribution in [1.82, 2.24) is 4.90 Å². The third-order valence-electron chi connectivity index (χ3n) is 2.85. The van der Waals surface area contributed by atoms with Gasteiger partial charge in [0.1, 0.15) is 11.5 Å². The molecule has 0 unspecified atom stereocenters. The van der Waals surface area contributed by atoms with E-state index in [2.05, 4.69) is 5.32 Å². The largest absolute Gasteiger partial charge is 0.385 e. The molecule has 2 rings (SSSR count).